The first-order valence-corrected chi connectivity index (χ1v) is 8.06. The molecule has 25 heavy (non-hydrogen) atoms. The molecule has 0 aliphatic carbocycles. The third-order valence-corrected chi connectivity index (χ3v) is 3.86. The summed E-state index contributed by atoms with van der Waals surface area (Å²) in [6.07, 6.45) is -1.49. The summed E-state index contributed by atoms with van der Waals surface area (Å²) in [5.74, 6) is 1.62. The van der Waals surface area contributed by atoms with Crippen LogP contribution in [-0.2, 0) is 6.42 Å². The average molecular weight is 350 g/mol. The number of nitrogens with zero attached hydrogens (tertiary/aromatic N) is 4. The zero-order valence-corrected chi connectivity index (χ0v) is 14.4. The Labute approximate surface area is 146 Å². The number of hydrogen-bond donors (Lipinski definition) is 1. The molecule has 2 rings (SSSR count). The van der Waals surface area contributed by atoms with Crippen molar-refractivity contribution in [3.8, 4) is 5.75 Å². The van der Waals surface area contributed by atoms with E-state index in [1.165, 1.54) is 4.90 Å². The lowest BCUT2D eigenvalue weighted by atomic mass is 10.1. The second kappa shape index (κ2) is 8.53. The molecule has 6 nitrogen and oxygen atoms in total. The van der Waals surface area contributed by atoms with Crippen LogP contribution in [0.15, 0.2) is 23.3 Å². The molecule has 1 aliphatic rings. The molecule has 0 fully saturated rings. The van der Waals surface area contributed by atoms with E-state index < -0.39 is 6.43 Å². The number of amidine groups is 1. The number of ether oxygens (including phenoxy) is 1. The Morgan fingerprint density at radius 2 is 2.24 bits per heavy atom. The Balaban J connectivity index is 2.17. The van der Waals surface area contributed by atoms with Crippen LogP contribution in [0.2, 0.25) is 0 Å². The summed E-state index contributed by atoms with van der Waals surface area (Å²) in [6, 6.07) is 5.20. The van der Waals surface area contributed by atoms with Gasteiger partial charge < -0.3 is 15.4 Å². The predicted octanol–water partition coefficient (Wildman–Crippen LogP) is 2.46. The van der Waals surface area contributed by atoms with E-state index in [-0.39, 0.29) is 6.54 Å². The lowest BCUT2D eigenvalue weighted by Crippen LogP contribution is -2.35. The minimum Gasteiger partial charge on any atom is -0.408 e. The van der Waals surface area contributed by atoms with Gasteiger partial charge in [-0.1, -0.05) is 16.8 Å². The van der Waals surface area contributed by atoms with E-state index in [0.717, 1.165) is 5.56 Å². The molecule has 1 heterocycles. The van der Waals surface area contributed by atoms with Gasteiger partial charge in [-0.05, 0) is 31.5 Å². The van der Waals surface area contributed by atoms with Gasteiger partial charge in [0.2, 0.25) is 0 Å². The zero-order chi connectivity index (χ0) is 18.4. The van der Waals surface area contributed by atoms with E-state index in [1.54, 1.807) is 23.9 Å². The summed E-state index contributed by atoms with van der Waals surface area (Å²) in [7, 11) is 1.71. The lowest BCUT2D eigenvalue weighted by molar-refractivity contribution is -0.506. The van der Waals surface area contributed by atoms with Crippen molar-refractivity contribution in [3.05, 3.63) is 35.2 Å². The van der Waals surface area contributed by atoms with E-state index in [4.69, 9.17) is 17.0 Å². The van der Waals surface area contributed by atoms with Crippen molar-refractivity contribution in [1.82, 2.24) is 4.90 Å². The van der Waals surface area contributed by atoms with E-state index in [0.29, 0.717) is 49.1 Å². The molecule has 8 heteroatoms. The SMILES string of the molecule is [C-]#[N+]c1ccc(CCN)c(OC2=[N+](C)N=C(N(CC)CC(F)F)C2)c1. The molecule has 0 saturated carbocycles. The number of rotatable bonds is 6. The van der Waals surface area contributed by atoms with Crippen LogP contribution in [0.3, 0.4) is 0 Å². The largest absolute Gasteiger partial charge is 0.408 e. The van der Waals surface area contributed by atoms with Crippen LogP contribution in [0.5, 0.6) is 5.75 Å². The van der Waals surface area contributed by atoms with Gasteiger partial charge in [0.15, 0.2) is 18.6 Å². The van der Waals surface area contributed by atoms with Crippen molar-refractivity contribution in [2.24, 2.45) is 10.8 Å². The maximum absolute atomic E-state index is 12.7. The molecule has 0 saturated heterocycles. The Bertz CT molecular complexity index is 724. The quantitative estimate of drug-likeness (QED) is 0.633. The van der Waals surface area contributed by atoms with Gasteiger partial charge in [0.1, 0.15) is 12.2 Å². The molecule has 0 aromatic heterocycles. The highest BCUT2D eigenvalue weighted by molar-refractivity contribution is 6.00. The van der Waals surface area contributed by atoms with Gasteiger partial charge in [0.05, 0.1) is 13.1 Å². The summed E-state index contributed by atoms with van der Waals surface area (Å²) in [5, 5.41) is 4.30. The third kappa shape index (κ3) is 4.73. The number of hydrogen-bond acceptors (Lipinski definition) is 4. The first-order chi connectivity index (χ1) is 12.0. The highest BCUT2D eigenvalue weighted by Crippen LogP contribution is 2.27. The third-order valence-electron chi connectivity index (χ3n) is 3.86. The summed E-state index contributed by atoms with van der Waals surface area (Å²) in [5.41, 5.74) is 6.98. The van der Waals surface area contributed by atoms with Crippen LogP contribution in [0.4, 0.5) is 14.5 Å². The molecule has 0 amide bonds. The Morgan fingerprint density at radius 1 is 1.48 bits per heavy atom. The second-order valence-corrected chi connectivity index (χ2v) is 5.58. The van der Waals surface area contributed by atoms with Crippen LogP contribution in [0, 0.1) is 6.57 Å². The van der Waals surface area contributed by atoms with Crippen LogP contribution in [0.1, 0.15) is 18.9 Å². The van der Waals surface area contributed by atoms with E-state index in [1.807, 2.05) is 13.0 Å². The van der Waals surface area contributed by atoms with Crippen LogP contribution in [-0.4, -0.2) is 54.4 Å². The topological polar surface area (TPSA) is 58.2 Å². The highest BCUT2D eigenvalue weighted by atomic mass is 19.3. The van der Waals surface area contributed by atoms with E-state index in [2.05, 4.69) is 9.95 Å². The summed E-state index contributed by atoms with van der Waals surface area (Å²) >= 11 is 0. The Kier molecular flexibility index (Phi) is 6.42. The van der Waals surface area contributed by atoms with Gasteiger partial charge >= 0.3 is 5.90 Å². The van der Waals surface area contributed by atoms with Crippen molar-refractivity contribution < 1.29 is 18.2 Å². The van der Waals surface area contributed by atoms with Crippen molar-refractivity contribution >= 4 is 17.4 Å². The van der Waals surface area contributed by atoms with Crippen molar-refractivity contribution in [3.63, 3.8) is 0 Å². The van der Waals surface area contributed by atoms with Crippen molar-refractivity contribution in [1.29, 1.82) is 0 Å². The monoisotopic (exact) mass is 350 g/mol. The number of halogens is 2. The van der Waals surface area contributed by atoms with E-state index >= 15 is 0 Å². The summed E-state index contributed by atoms with van der Waals surface area (Å²) in [6.45, 7) is 9.49. The maximum Gasteiger partial charge on any atom is 0.380 e. The lowest BCUT2D eigenvalue weighted by Gasteiger charge is -2.19. The molecule has 0 unspecified atom stereocenters. The molecular weight excluding hydrogens is 328 g/mol. The summed E-state index contributed by atoms with van der Waals surface area (Å²) < 4.78 is 32.9. The zero-order valence-electron chi connectivity index (χ0n) is 14.4. The van der Waals surface area contributed by atoms with Gasteiger partial charge in [0, 0.05) is 11.6 Å². The molecular formula is C17H22F2N5O+. The van der Waals surface area contributed by atoms with Crippen LogP contribution < -0.4 is 10.5 Å². The fourth-order valence-electron chi connectivity index (χ4n) is 2.57. The standard InChI is InChI=1S/C17H22F2N5O/c1-4-24(11-15(18)19)16-10-17(23(3)22-16)25-14-9-13(21-2)6-5-12(14)7-8-20/h5-6,9,15H,4,7-8,10-11,20H2,1,3H3/q+1. The summed E-state index contributed by atoms with van der Waals surface area (Å²) in [4.78, 5) is 4.95. The normalized spacial score (nSPS) is 13.9. The molecule has 0 bridgehead atoms. The van der Waals surface area contributed by atoms with Crippen molar-refractivity contribution in [2.45, 2.75) is 26.2 Å². The molecule has 1 aromatic rings. The van der Waals surface area contributed by atoms with Gasteiger partial charge in [-0.25, -0.2) is 13.6 Å². The molecule has 1 aromatic carbocycles. The molecule has 2 N–H and O–H groups in total. The minimum atomic E-state index is -2.43. The first-order valence-electron chi connectivity index (χ1n) is 8.06. The molecule has 0 radical (unpaired) electrons. The fourth-order valence-corrected chi connectivity index (χ4v) is 2.57. The van der Waals surface area contributed by atoms with Gasteiger partial charge in [-0.2, -0.15) is 0 Å². The number of benzene rings is 1. The van der Waals surface area contributed by atoms with E-state index in [9.17, 15) is 8.78 Å². The second-order valence-electron chi connectivity index (χ2n) is 5.58. The van der Waals surface area contributed by atoms with Gasteiger partial charge in [-0.15, -0.1) is 0 Å². The molecule has 0 spiro atoms. The predicted molar refractivity (Wildman–Crippen MR) is 92.6 cm³/mol. The fraction of sp³-hybridized carbons (Fsp3) is 0.471. The maximum atomic E-state index is 12.7. The highest BCUT2D eigenvalue weighted by Gasteiger charge is 2.31. The Hall–Kier alpha value is -2.53. The number of nitrogens with two attached hydrogens (primary N) is 1. The van der Waals surface area contributed by atoms with Gasteiger partial charge in [0.25, 0.3) is 6.43 Å². The van der Waals surface area contributed by atoms with Gasteiger partial charge in [-0.3, -0.25) is 0 Å². The average Bonchev–Trinajstić information content (AvgIpc) is 2.94. The molecule has 134 valence electrons. The number of hydrazone groups is 1. The van der Waals surface area contributed by atoms with Crippen molar-refractivity contribution in [2.75, 3.05) is 26.7 Å². The van der Waals surface area contributed by atoms with Crippen LogP contribution in [0.25, 0.3) is 4.85 Å². The Morgan fingerprint density at radius 3 is 2.84 bits per heavy atom. The minimum absolute atomic E-state index is 0.321. The molecule has 0 atom stereocenters. The van der Waals surface area contributed by atoms with Crippen LogP contribution >= 0.6 is 0 Å². The molecule has 1 aliphatic heterocycles. The smallest absolute Gasteiger partial charge is 0.380 e. The first kappa shape index (κ1) is 18.8. The number of alkyl halides is 2.